The standard InChI is InChI=1S/C11H15ClO6S2.Na/c1-7-4-10(19-18-17-13)9(16-3)5-11(7)20(14,15)8(2)6-12;/h4-5,8,13H,6H2,1-3H3;/q;+1/p-1. The summed E-state index contributed by atoms with van der Waals surface area (Å²) in [7, 11) is -2.16. The molecule has 6 nitrogen and oxygen atoms in total. The molecule has 1 unspecified atom stereocenters. The van der Waals surface area contributed by atoms with E-state index >= 15 is 0 Å². The van der Waals surface area contributed by atoms with Crippen molar-refractivity contribution in [2.75, 3.05) is 13.0 Å². The minimum Gasteiger partial charge on any atom is -0.691 e. The van der Waals surface area contributed by atoms with E-state index in [4.69, 9.17) is 16.3 Å². The summed E-state index contributed by atoms with van der Waals surface area (Å²) in [5.41, 5.74) is 0.500. The van der Waals surface area contributed by atoms with E-state index in [1.54, 1.807) is 6.92 Å². The minimum absolute atomic E-state index is 0. The maximum atomic E-state index is 12.3. The van der Waals surface area contributed by atoms with E-state index in [1.165, 1.54) is 26.2 Å². The van der Waals surface area contributed by atoms with Gasteiger partial charge in [0.2, 0.25) is 0 Å². The van der Waals surface area contributed by atoms with Crippen molar-refractivity contribution in [1.82, 2.24) is 0 Å². The minimum atomic E-state index is -3.54. The fourth-order valence-electron chi connectivity index (χ4n) is 1.52. The number of benzene rings is 1. The van der Waals surface area contributed by atoms with E-state index in [0.29, 0.717) is 22.5 Å². The van der Waals surface area contributed by atoms with Gasteiger partial charge < -0.3 is 9.99 Å². The van der Waals surface area contributed by atoms with Gasteiger partial charge in [-0.1, -0.05) is 0 Å². The van der Waals surface area contributed by atoms with Gasteiger partial charge in [0, 0.05) is 11.9 Å². The molecule has 1 aromatic carbocycles. The van der Waals surface area contributed by atoms with Gasteiger partial charge in [0.1, 0.15) is 5.75 Å². The molecule has 0 fully saturated rings. The van der Waals surface area contributed by atoms with Crippen LogP contribution in [0.25, 0.3) is 0 Å². The Labute approximate surface area is 155 Å². The number of alkyl halides is 1. The zero-order valence-electron chi connectivity index (χ0n) is 12.1. The monoisotopic (exact) mass is 364 g/mol. The third-order valence-electron chi connectivity index (χ3n) is 2.67. The molecule has 10 heteroatoms. The Kier molecular flexibility index (Phi) is 9.81. The fourth-order valence-corrected chi connectivity index (χ4v) is 3.95. The molecule has 0 aromatic heterocycles. The summed E-state index contributed by atoms with van der Waals surface area (Å²) in [6.07, 6.45) is 0. The van der Waals surface area contributed by atoms with Crippen molar-refractivity contribution in [3.8, 4) is 5.75 Å². The Morgan fingerprint density at radius 1 is 1.43 bits per heavy atom. The molecule has 0 N–H and O–H groups in total. The van der Waals surface area contributed by atoms with Crippen LogP contribution in [0, 0.1) is 6.92 Å². The zero-order valence-corrected chi connectivity index (χ0v) is 16.5. The molecule has 1 rings (SSSR count). The van der Waals surface area contributed by atoms with E-state index in [0.717, 1.165) is 0 Å². The van der Waals surface area contributed by atoms with Gasteiger partial charge in [0.15, 0.2) is 9.84 Å². The van der Waals surface area contributed by atoms with Crippen LogP contribution in [-0.2, 0) is 19.2 Å². The maximum absolute atomic E-state index is 12.3. The number of ether oxygens (including phenoxy) is 1. The smallest absolute Gasteiger partial charge is 0.691 e. The summed E-state index contributed by atoms with van der Waals surface area (Å²) in [6, 6.07) is 2.92. The van der Waals surface area contributed by atoms with Crippen LogP contribution in [0.1, 0.15) is 12.5 Å². The molecule has 114 valence electrons. The van der Waals surface area contributed by atoms with E-state index < -0.39 is 15.1 Å². The number of hydrogen-bond acceptors (Lipinski definition) is 7. The Bertz CT molecular complexity index is 566. The van der Waals surface area contributed by atoms with Crippen LogP contribution in [0.15, 0.2) is 21.9 Å². The topological polar surface area (TPSA) is 84.9 Å². The first-order valence-electron chi connectivity index (χ1n) is 5.50. The Morgan fingerprint density at radius 3 is 2.52 bits per heavy atom. The second-order valence-electron chi connectivity index (χ2n) is 4.00. The SMILES string of the molecule is COc1cc(S(=O)(=O)C(C)CCl)c(C)cc1SOO[O-].[Na+]. The number of hydrogen-bond donors (Lipinski definition) is 0. The van der Waals surface area contributed by atoms with Crippen molar-refractivity contribution in [2.24, 2.45) is 0 Å². The second-order valence-corrected chi connectivity index (χ2v) is 7.38. The quantitative estimate of drug-likeness (QED) is 0.194. The Morgan fingerprint density at radius 2 is 2.05 bits per heavy atom. The Hall–Kier alpha value is 0.490. The first kappa shape index (κ1) is 21.5. The predicted molar refractivity (Wildman–Crippen MR) is 73.1 cm³/mol. The molecule has 0 aliphatic heterocycles. The van der Waals surface area contributed by atoms with E-state index in [1.807, 2.05) is 0 Å². The first-order valence-corrected chi connectivity index (χ1v) is 8.32. The van der Waals surface area contributed by atoms with Crippen LogP contribution < -0.4 is 39.6 Å². The summed E-state index contributed by atoms with van der Waals surface area (Å²) >= 11 is 6.27. The maximum Gasteiger partial charge on any atom is 1.00 e. The average molecular weight is 365 g/mol. The third-order valence-corrected chi connectivity index (χ3v) is 6.21. The molecular formula is C11H14ClNaO6S2. The molecule has 0 radical (unpaired) electrons. The van der Waals surface area contributed by atoms with Crippen molar-refractivity contribution in [3.05, 3.63) is 17.7 Å². The summed E-state index contributed by atoms with van der Waals surface area (Å²) < 4.78 is 34.0. The third kappa shape index (κ3) is 5.26. The largest absolute Gasteiger partial charge is 1.00 e. The molecule has 0 amide bonds. The molecular weight excluding hydrogens is 351 g/mol. The van der Waals surface area contributed by atoms with Crippen LogP contribution in [-0.4, -0.2) is 26.7 Å². The summed E-state index contributed by atoms with van der Waals surface area (Å²) in [5, 5.41) is 12.4. The number of halogens is 1. The van der Waals surface area contributed by atoms with Crippen molar-refractivity contribution in [3.63, 3.8) is 0 Å². The van der Waals surface area contributed by atoms with Gasteiger partial charge in [-0.25, -0.2) is 8.42 Å². The molecule has 0 saturated heterocycles. The van der Waals surface area contributed by atoms with Gasteiger partial charge in [0.05, 0.1) is 34.2 Å². The molecule has 0 heterocycles. The first-order chi connectivity index (χ1) is 9.38. The predicted octanol–water partition coefficient (Wildman–Crippen LogP) is -1.36. The van der Waals surface area contributed by atoms with Gasteiger partial charge in [-0.15, -0.1) is 11.6 Å². The van der Waals surface area contributed by atoms with Crippen LogP contribution >= 0.6 is 23.6 Å². The van der Waals surface area contributed by atoms with E-state index in [-0.39, 0.29) is 46.1 Å². The van der Waals surface area contributed by atoms with E-state index in [9.17, 15) is 13.7 Å². The van der Waals surface area contributed by atoms with Gasteiger partial charge in [0.25, 0.3) is 0 Å². The fraction of sp³-hybridized carbons (Fsp3) is 0.455. The van der Waals surface area contributed by atoms with Crippen molar-refractivity contribution < 1.29 is 57.3 Å². The molecule has 0 bridgehead atoms. The summed E-state index contributed by atoms with van der Waals surface area (Å²) in [6.45, 7) is 3.17. The molecule has 0 aliphatic rings. The molecule has 0 aliphatic carbocycles. The van der Waals surface area contributed by atoms with Crippen molar-refractivity contribution in [2.45, 2.75) is 28.9 Å². The van der Waals surface area contributed by atoms with Crippen LogP contribution in [0.5, 0.6) is 5.75 Å². The normalized spacial score (nSPS) is 12.6. The summed E-state index contributed by atoms with van der Waals surface area (Å²) in [4.78, 5) is 0.563. The summed E-state index contributed by atoms with van der Waals surface area (Å²) in [5.74, 6) is 0.256. The zero-order chi connectivity index (χ0) is 15.3. The van der Waals surface area contributed by atoms with Gasteiger partial charge >= 0.3 is 29.6 Å². The van der Waals surface area contributed by atoms with E-state index in [2.05, 4.69) is 9.37 Å². The molecule has 0 saturated carbocycles. The average Bonchev–Trinajstić information content (AvgIpc) is 2.43. The molecule has 0 spiro atoms. The van der Waals surface area contributed by atoms with Gasteiger partial charge in [-0.3, -0.25) is 5.04 Å². The molecule has 21 heavy (non-hydrogen) atoms. The number of methoxy groups -OCH3 is 1. The Balaban J connectivity index is 0.00000400. The number of aryl methyl sites for hydroxylation is 1. The van der Waals surface area contributed by atoms with Crippen LogP contribution in [0.3, 0.4) is 0 Å². The van der Waals surface area contributed by atoms with Crippen molar-refractivity contribution in [1.29, 1.82) is 0 Å². The van der Waals surface area contributed by atoms with Gasteiger partial charge in [-0.2, -0.15) is 4.33 Å². The number of rotatable bonds is 7. The van der Waals surface area contributed by atoms with Gasteiger partial charge in [-0.05, 0) is 25.5 Å². The van der Waals surface area contributed by atoms with Crippen LogP contribution in [0.2, 0.25) is 0 Å². The van der Waals surface area contributed by atoms with Crippen LogP contribution in [0.4, 0.5) is 0 Å². The second kappa shape index (κ2) is 9.59. The molecule has 1 atom stereocenters. The molecule has 1 aromatic rings. The number of sulfone groups is 1. The van der Waals surface area contributed by atoms with Crippen molar-refractivity contribution >= 4 is 33.5 Å².